The third-order valence-electron chi connectivity index (χ3n) is 5.23. The SMILES string of the molecule is CCc1ccc(Nc2c(F)c(F)c3ccoc3c2NS(=O)(=O)C2CC2CO)c(F)c1. The van der Waals surface area contributed by atoms with Crippen LogP contribution in [-0.2, 0) is 16.4 Å². The van der Waals surface area contributed by atoms with Gasteiger partial charge in [0.2, 0.25) is 10.0 Å². The molecule has 1 fully saturated rings. The summed E-state index contributed by atoms with van der Waals surface area (Å²) in [6.07, 6.45) is 1.92. The third-order valence-corrected chi connectivity index (χ3v) is 7.09. The number of sulfonamides is 1. The molecule has 0 aliphatic heterocycles. The Labute approximate surface area is 170 Å². The van der Waals surface area contributed by atoms with E-state index in [1.165, 1.54) is 18.2 Å². The Balaban J connectivity index is 1.82. The van der Waals surface area contributed by atoms with Crippen LogP contribution in [0.3, 0.4) is 0 Å². The minimum atomic E-state index is -4.03. The number of anilines is 3. The van der Waals surface area contributed by atoms with E-state index in [1.807, 2.05) is 6.92 Å². The first-order valence-corrected chi connectivity index (χ1v) is 10.9. The van der Waals surface area contributed by atoms with E-state index in [1.54, 1.807) is 6.07 Å². The Morgan fingerprint density at radius 3 is 2.57 bits per heavy atom. The van der Waals surface area contributed by atoms with Crippen molar-refractivity contribution in [1.82, 2.24) is 0 Å². The molecule has 0 bridgehead atoms. The van der Waals surface area contributed by atoms with E-state index in [2.05, 4.69) is 10.0 Å². The fourth-order valence-corrected chi connectivity index (χ4v) is 5.09. The molecular formula is C20H19F3N2O4S. The van der Waals surface area contributed by atoms with Gasteiger partial charge in [0.25, 0.3) is 0 Å². The fourth-order valence-electron chi connectivity index (χ4n) is 3.37. The number of halogens is 3. The standard InChI is InChI=1S/C20H19F3N2O4S/c1-2-10-3-4-14(13(21)7-10)24-18-17(23)16(22)12-5-6-29-20(12)19(18)25-30(27,28)15-8-11(15)9-26/h3-7,11,15,24-26H,2,8-9H2,1H3. The molecule has 6 nitrogen and oxygen atoms in total. The first-order valence-electron chi connectivity index (χ1n) is 9.32. The van der Waals surface area contributed by atoms with Gasteiger partial charge >= 0.3 is 0 Å². The molecule has 1 aromatic heterocycles. The molecule has 1 heterocycles. The van der Waals surface area contributed by atoms with Gasteiger partial charge in [-0.05, 0) is 36.6 Å². The maximum Gasteiger partial charge on any atom is 0.236 e. The largest absolute Gasteiger partial charge is 0.462 e. The van der Waals surface area contributed by atoms with Gasteiger partial charge in [-0.25, -0.2) is 21.6 Å². The second kappa shape index (κ2) is 7.51. The molecule has 0 amide bonds. The number of rotatable bonds is 7. The van der Waals surface area contributed by atoms with Gasteiger partial charge in [-0.1, -0.05) is 13.0 Å². The minimum absolute atomic E-state index is 0.156. The predicted octanol–water partition coefficient (Wildman–Crippen LogP) is 4.28. The van der Waals surface area contributed by atoms with E-state index in [0.29, 0.717) is 12.0 Å². The molecule has 2 unspecified atom stereocenters. The van der Waals surface area contributed by atoms with Crippen LogP contribution in [0.1, 0.15) is 18.9 Å². The maximum absolute atomic E-state index is 14.9. The number of benzene rings is 2. The molecule has 3 N–H and O–H groups in total. The maximum atomic E-state index is 14.9. The van der Waals surface area contributed by atoms with Crippen LogP contribution in [0.5, 0.6) is 0 Å². The zero-order valence-corrected chi connectivity index (χ0v) is 16.7. The molecule has 30 heavy (non-hydrogen) atoms. The van der Waals surface area contributed by atoms with Crippen LogP contribution in [0.4, 0.5) is 30.2 Å². The lowest BCUT2D eigenvalue weighted by atomic mass is 10.1. The Morgan fingerprint density at radius 1 is 1.17 bits per heavy atom. The predicted molar refractivity (Wildman–Crippen MR) is 107 cm³/mol. The van der Waals surface area contributed by atoms with Crippen molar-refractivity contribution >= 4 is 38.1 Å². The lowest BCUT2D eigenvalue weighted by molar-refractivity contribution is 0.277. The van der Waals surface area contributed by atoms with Gasteiger partial charge in [0.15, 0.2) is 17.2 Å². The number of furan rings is 1. The molecule has 1 aliphatic rings. The van der Waals surface area contributed by atoms with Crippen molar-refractivity contribution in [1.29, 1.82) is 0 Å². The summed E-state index contributed by atoms with van der Waals surface area (Å²) in [6.45, 7) is 1.53. The number of nitrogens with one attached hydrogen (secondary N) is 2. The summed E-state index contributed by atoms with van der Waals surface area (Å²) < 4.78 is 76.7. The summed E-state index contributed by atoms with van der Waals surface area (Å²) in [5, 5.41) is 10.5. The van der Waals surface area contributed by atoms with Crippen molar-refractivity contribution < 1.29 is 31.1 Å². The first kappa shape index (κ1) is 20.5. The number of aliphatic hydroxyl groups excluding tert-OH is 1. The molecule has 0 spiro atoms. The normalized spacial score (nSPS) is 18.6. The molecule has 0 radical (unpaired) electrons. The van der Waals surface area contributed by atoms with Crippen molar-refractivity contribution in [3.63, 3.8) is 0 Å². The van der Waals surface area contributed by atoms with E-state index in [0.717, 1.165) is 6.26 Å². The van der Waals surface area contributed by atoms with Crippen molar-refractivity contribution in [2.45, 2.75) is 25.0 Å². The van der Waals surface area contributed by atoms with Gasteiger partial charge in [0, 0.05) is 12.5 Å². The fraction of sp³-hybridized carbons (Fsp3) is 0.300. The molecular weight excluding hydrogens is 421 g/mol. The number of hydrogen-bond acceptors (Lipinski definition) is 5. The molecule has 0 saturated heterocycles. The summed E-state index contributed by atoms with van der Waals surface area (Å²) in [5.74, 6) is -3.77. The first-order chi connectivity index (χ1) is 14.3. The van der Waals surface area contributed by atoms with Crippen LogP contribution in [-0.4, -0.2) is 25.4 Å². The number of hydrogen-bond donors (Lipinski definition) is 3. The van der Waals surface area contributed by atoms with Gasteiger partial charge in [0.1, 0.15) is 17.2 Å². The van der Waals surface area contributed by atoms with E-state index >= 15 is 0 Å². The van der Waals surface area contributed by atoms with Crippen LogP contribution >= 0.6 is 0 Å². The topological polar surface area (TPSA) is 91.6 Å². The summed E-state index contributed by atoms with van der Waals surface area (Å²) >= 11 is 0. The molecule has 10 heteroatoms. The molecule has 2 aromatic carbocycles. The van der Waals surface area contributed by atoms with Crippen LogP contribution in [0.2, 0.25) is 0 Å². The van der Waals surface area contributed by atoms with Crippen molar-refractivity contribution in [2.75, 3.05) is 16.6 Å². The quantitative estimate of drug-likeness (QED) is 0.510. The highest BCUT2D eigenvalue weighted by Gasteiger charge is 2.47. The molecule has 3 aromatic rings. The average Bonchev–Trinajstić information content (AvgIpc) is 3.38. The van der Waals surface area contributed by atoms with E-state index in [4.69, 9.17) is 4.42 Å². The summed E-state index contributed by atoms with van der Waals surface area (Å²) in [5.41, 5.74) is -0.640. The van der Waals surface area contributed by atoms with Crippen molar-refractivity contribution in [3.8, 4) is 0 Å². The summed E-state index contributed by atoms with van der Waals surface area (Å²) in [4.78, 5) is 0. The Morgan fingerprint density at radius 2 is 1.93 bits per heavy atom. The highest BCUT2D eigenvalue weighted by molar-refractivity contribution is 7.93. The Bertz CT molecular complexity index is 1230. The van der Waals surface area contributed by atoms with Gasteiger partial charge in [-0.2, -0.15) is 0 Å². The average molecular weight is 440 g/mol. The smallest absolute Gasteiger partial charge is 0.236 e. The van der Waals surface area contributed by atoms with Crippen molar-refractivity contribution in [3.05, 3.63) is 53.5 Å². The van der Waals surface area contributed by atoms with Crippen LogP contribution in [0, 0.1) is 23.4 Å². The zero-order chi connectivity index (χ0) is 21.6. The van der Waals surface area contributed by atoms with Crippen molar-refractivity contribution in [2.24, 2.45) is 5.92 Å². The molecule has 1 aliphatic carbocycles. The molecule has 2 atom stereocenters. The highest BCUT2D eigenvalue weighted by atomic mass is 32.2. The molecule has 160 valence electrons. The second-order valence-electron chi connectivity index (χ2n) is 7.20. The van der Waals surface area contributed by atoms with E-state index in [-0.39, 0.29) is 35.4 Å². The van der Waals surface area contributed by atoms with Gasteiger partial charge < -0.3 is 14.8 Å². The number of aryl methyl sites for hydroxylation is 1. The van der Waals surface area contributed by atoms with Gasteiger partial charge in [-0.15, -0.1) is 0 Å². The summed E-state index contributed by atoms with van der Waals surface area (Å²) in [7, 11) is -4.03. The monoisotopic (exact) mass is 440 g/mol. The van der Waals surface area contributed by atoms with E-state index in [9.17, 15) is 26.7 Å². The van der Waals surface area contributed by atoms with Crippen LogP contribution in [0.25, 0.3) is 11.0 Å². The molecule has 4 rings (SSSR count). The van der Waals surface area contributed by atoms with Crippen LogP contribution < -0.4 is 10.0 Å². The lowest BCUT2D eigenvalue weighted by Gasteiger charge is -2.17. The minimum Gasteiger partial charge on any atom is -0.462 e. The Hall–Kier alpha value is -2.72. The number of aliphatic hydroxyl groups is 1. The second-order valence-corrected chi connectivity index (χ2v) is 9.10. The number of fused-ring (bicyclic) bond motifs is 1. The van der Waals surface area contributed by atoms with E-state index < -0.39 is 44.3 Å². The Kier molecular flexibility index (Phi) is 5.15. The zero-order valence-electron chi connectivity index (χ0n) is 15.9. The molecule has 1 saturated carbocycles. The van der Waals surface area contributed by atoms with Gasteiger partial charge in [0.05, 0.1) is 22.6 Å². The van der Waals surface area contributed by atoms with Crippen LogP contribution in [0.15, 0.2) is 34.9 Å². The highest BCUT2D eigenvalue weighted by Crippen LogP contribution is 2.43. The third kappa shape index (κ3) is 3.50. The summed E-state index contributed by atoms with van der Waals surface area (Å²) in [6, 6.07) is 5.39. The van der Waals surface area contributed by atoms with Gasteiger partial charge in [-0.3, -0.25) is 4.72 Å². The lowest BCUT2D eigenvalue weighted by Crippen LogP contribution is -2.21.